The molecular formula is C15H19N3O2. The first kappa shape index (κ1) is 13.1. The number of nitrogens with zero attached hydrogens (tertiary/aromatic N) is 2. The van der Waals surface area contributed by atoms with E-state index in [0.717, 1.165) is 18.6 Å². The van der Waals surface area contributed by atoms with Gasteiger partial charge in [0.1, 0.15) is 5.75 Å². The summed E-state index contributed by atoms with van der Waals surface area (Å²) in [4.78, 5) is 4.42. The minimum Gasteiger partial charge on any atom is -0.482 e. The fourth-order valence-electron chi connectivity index (χ4n) is 2.34. The van der Waals surface area contributed by atoms with E-state index in [4.69, 9.17) is 15.0 Å². The molecule has 1 aromatic heterocycles. The van der Waals surface area contributed by atoms with E-state index >= 15 is 0 Å². The summed E-state index contributed by atoms with van der Waals surface area (Å²) in [6.07, 6.45) is 1.58. The SMILES string of the molecule is CCC(C)C(N)c1nc(C2Cc3ccccc3O2)no1. The molecule has 0 fully saturated rings. The molecule has 5 nitrogen and oxygen atoms in total. The van der Waals surface area contributed by atoms with Gasteiger partial charge >= 0.3 is 0 Å². The lowest BCUT2D eigenvalue weighted by molar-refractivity contribution is 0.220. The smallest absolute Gasteiger partial charge is 0.243 e. The molecule has 2 heterocycles. The third-order valence-electron chi connectivity index (χ3n) is 3.93. The number of hydrogen-bond donors (Lipinski definition) is 1. The average molecular weight is 273 g/mol. The van der Waals surface area contributed by atoms with Crippen LogP contribution in [-0.4, -0.2) is 10.1 Å². The lowest BCUT2D eigenvalue weighted by Gasteiger charge is -2.13. The molecule has 3 rings (SSSR count). The Labute approximate surface area is 118 Å². The van der Waals surface area contributed by atoms with Crippen LogP contribution in [0.1, 0.15) is 49.7 Å². The molecule has 1 aliphatic rings. The van der Waals surface area contributed by atoms with Gasteiger partial charge in [-0.1, -0.05) is 43.6 Å². The molecular weight excluding hydrogens is 254 g/mol. The zero-order valence-electron chi connectivity index (χ0n) is 11.7. The van der Waals surface area contributed by atoms with E-state index in [1.165, 1.54) is 5.56 Å². The molecule has 1 aliphatic heterocycles. The Morgan fingerprint density at radius 2 is 2.20 bits per heavy atom. The molecule has 0 saturated heterocycles. The van der Waals surface area contributed by atoms with Gasteiger partial charge in [-0.15, -0.1) is 0 Å². The molecule has 106 valence electrons. The quantitative estimate of drug-likeness (QED) is 0.927. The van der Waals surface area contributed by atoms with Gasteiger partial charge < -0.3 is 15.0 Å². The van der Waals surface area contributed by atoms with E-state index in [1.54, 1.807) is 0 Å². The van der Waals surface area contributed by atoms with Crippen LogP contribution in [0, 0.1) is 5.92 Å². The summed E-state index contributed by atoms with van der Waals surface area (Å²) in [5.74, 6) is 2.28. The number of rotatable bonds is 4. The molecule has 1 aromatic carbocycles. The van der Waals surface area contributed by atoms with Gasteiger partial charge in [-0.25, -0.2) is 0 Å². The van der Waals surface area contributed by atoms with Crippen molar-refractivity contribution in [1.29, 1.82) is 0 Å². The fourth-order valence-corrected chi connectivity index (χ4v) is 2.34. The Morgan fingerprint density at radius 3 is 2.95 bits per heavy atom. The van der Waals surface area contributed by atoms with Gasteiger partial charge in [0, 0.05) is 6.42 Å². The van der Waals surface area contributed by atoms with Crippen LogP contribution in [0.2, 0.25) is 0 Å². The maximum atomic E-state index is 6.11. The zero-order chi connectivity index (χ0) is 14.1. The third kappa shape index (κ3) is 2.29. The predicted octanol–water partition coefficient (Wildman–Crippen LogP) is 2.79. The first-order valence-corrected chi connectivity index (χ1v) is 7.02. The molecule has 0 saturated carbocycles. The van der Waals surface area contributed by atoms with Crippen LogP contribution < -0.4 is 10.5 Å². The van der Waals surface area contributed by atoms with Crippen molar-refractivity contribution in [3.8, 4) is 5.75 Å². The lowest BCUT2D eigenvalue weighted by Crippen LogP contribution is -2.19. The summed E-state index contributed by atoms with van der Waals surface area (Å²) in [6.45, 7) is 4.18. The van der Waals surface area contributed by atoms with E-state index in [-0.39, 0.29) is 12.1 Å². The minimum absolute atomic E-state index is 0.172. The number of hydrogen-bond acceptors (Lipinski definition) is 5. The topological polar surface area (TPSA) is 74.2 Å². The zero-order valence-corrected chi connectivity index (χ0v) is 11.7. The molecule has 0 radical (unpaired) electrons. The van der Waals surface area contributed by atoms with Gasteiger partial charge in [-0.2, -0.15) is 4.98 Å². The van der Waals surface area contributed by atoms with Crippen molar-refractivity contribution in [3.05, 3.63) is 41.5 Å². The second-order valence-electron chi connectivity index (χ2n) is 5.32. The average Bonchev–Trinajstić information content (AvgIpc) is 3.11. The molecule has 0 spiro atoms. The predicted molar refractivity (Wildman–Crippen MR) is 74.2 cm³/mol. The van der Waals surface area contributed by atoms with Gasteiger partial charge in [0.25, 0.3) is 0 Å². The molecule has 2 N–H and O–H groups in total. The third-order valence-corrected chi connectivity index (χ3v) is 3.93. The van der Waals surface area contributed by atoms with E-state index in [0.29, 0.717) is 17.6 Å². The van der Waals surface area contributed by atoms with E-state index in [9.17, 15) is 0 Å². The normalized spacial score (nSPS) is 20.2. The van der Waals surface area contributed by atoms with Crippen molar-refractivity contribution in [3.63, 3.8) is 0 Å². The van der Waals surface area contributed by atoms with Crippen molar-refractivity contribution in [1.82, 2.24) is 10.1 Å². The van der Waals surface area contributed by atoms with Crippen LogP contribution in [0.5, 0.6) is 5.75 Å². The summed E-state index contributed by atoms with van der Waals surface area (Å²) < 4.78 is 11.1. The standard InChI is InChI=1S/C15H19N3O2/c1-3-9(2)13(16)15-17-14(18-20-15)12-8-10-6-4-5-7-11(10)19-12/h4-7,9,12-13H,3,8,16H2,1-2H3. The number of benzene rings is 1. The van der Waals surface area contributed by atoms with E-state index in [1.807, 2.05) is 18.2 Å². The summed E-state index contributed by atoms with van der Waals surface area (Å²) in [5.41, 5.74) is 7.28. The van der Waals surface area contributed by atoms with Crippen LogP contribution in [-0.2, 0) is 6.42 Å². The molecule has 20 heavy (non-hydrogen) atoms. The van der Waals surface area contributed by atoms with Crippen LogP contribution in [0.25, 0.3) is 0 Å². The van der Waals surface area contributed by atoms with E-state index < -0.39 is 0 Å². The fraction of sp³-hybridized carbons (Fsp3) is 0.467. The number of para-hydroxylation sites is 1. The van der Waals surface area contributed by atoms with Crippen molar-refractivity contribution in [2.24, 2.45) is 11.7 Å². The van der Waals surface area contributed by atoms with Crippen LogP contribution in [0.15, 0.2) is 28.8 Å². The summed E-state index contributed by atoms with van der Waals surface area (Å²) >= 11 is 0. The van der Waals surface area contributed by atoms with Gasteiger partial charge in [-0.05, 0) is 17.5 Å². The number of aromatic nitrogens is 2. The highest BCUT2D eigenvalue weighted by Crippen LogP contribution is 2.35. The largest absolute Gasteiger partial charge is 0.482 e. The molecule has 2 aromatic rings. The Bertz CT molecular complexity index is 571. The first-order chi connectivity index (χ1) is 9.69. The molecule has 0 bridgehead atoms. The Hall–Kier alpha value is -1.88. The van der Waals surface area contributed by atoms with Crippen molar-refractivity contribution in [2.45, 2.75) is 38.8 Å². The second-order valence-corrected chi connectivity index (χ2v) is 5.32. The van der Waals surface area contributed by atoms with Crippen molar-refractivity contribution >= 4 is 0 Å². The van der Waals surface area contributed by atoms with Crippen molar-refractivity contribution < 1.29 is 9.26 Å². The van der Waals surface area contributed by atoms with Crippen LogP contribution >= 0.6 is 0 Å². The van der Waals surface area contributed by atoms with Crippen LogP contribution in [0.4, 0.5) is 0 Å². The Kier molecular flexibility index (Phi) is 3.44. The van der Waals surface area contributed by atoms with Gasteiger partial charge in [-0.3, -0.25) is 0 Å². The summed E-state index contributed by atoms with van der Waals surface area (Å²) in [5, 5.41) is 4.03. The Morgan fingerprint density at radius 1 is 1.40 bits per heavy atom. The second kappa shape index (κ2) is 5.25. The molecule has 0 amide bonds. The number of nitrogens with two attached hydrogens (primary N) is 1. The summed E-state index contributed by atoms with van der Waals surface area (Å²) in [6, 6.07) is 7.76. The number of fused-ring (bicyclic) bond motifs is 1. The highest BCUT2D eigenvalue weighted by molar-refractivity contribution is 5.37. The number of ether oxygens (including phenoxy) is 1. The summed E-state index contributed by atoms with van der Waals surface area (Å²) in [7, 11) is 0. The van der Waals surface area contributed by atoms with Gasteiger partial charge in [0.2, 0.25) is 11.7 Å². The minimum atomic E-state index is -0.218. The van der Waals surface area contributed by atoms with E-state index in [2.05, 4.69) is 30.1 Å². The maximum Gasteiger partial charge on any atom is 0.243 e. The highest BCUT2D eigenvalue weighted by Gasteiger charge is 2.29. The van der Waals surface area contributed by atoms with Gasteiger partial charge in [0.05, 0.1) is 6.04 Å². The van der Waals surface area contributed by atoms with Gasteiger partial charge in [0.15, 0.2) is 6.10 Å². The highest BCUT2D eigenvalue weighted by atomic mass is 16.5. The molecule has 0 aliphatic carbocycles. The molecule has 3 atom stereocenters. The Balaban J connectivity index is 1.76. The van der Waals surface area contributed by atoms with Crippen LogP contribution in [0.3, 0.4) is 0 Å². The monoisotopic (exact) mass is 273 g/mol. The first-order valence-electron chi connectivity index (χ1n) is 7.02. The molecule has 5 heteroatoms. The van der Waals surface area contributed by atoms with Crippen molar-refractivity contribution in [2.75, 3.05) is 0 Å². The lowest BCUT2D eigenvalue weighted by atomic mass is 10.0. The maximum absolute atomic E-state index is 6.11. The molecule has 3 unspecified atom stereocenters.